The molecule has 7 nitrogen and oxygen atoms in total. The zero-order chi connectivity index (χ0) is 18.4. The molecule has 0 amide bonds. The lowest BCUT2D eigenvalue weighted by Crippen LogP contribution is -2.46. The summed E-state index contributed by atoms with van der Waals surface area (Å²) in [5.41, 5.74) is 1.35. The van der Waals surface area contributed by atoms with Crippen molar-refractivity contribution in [3.8, 4) is 0 Å². The third-order valence-electron chi connectivity index (χ3n) is 4.98. The normalized spacial score (nSPS) is 21.7. The molecule has 2 saturated heterocycles. The summed E-state index contributed by atoms with van der Waals surface area (Å²) in [5, 5.41) is 3.22. The number of nitrogens with one attached hydrogen (secondary N) is 1. The van der Waals surface area contributed by atoms with E-state index in [0.717, 1.165) is 25.5 Å². The number of guanidine groups is 1. The Morgan fingerprint density at radius 1 is 1.22 bits per heavy atom. The van der Waals surface area contributed by atoms with Crippen LogP contribution in [0.25, 0.3) is 0 Å². The Morgan fingerprint density at radius 2 is 1.93 bits per heavy atom. The van der Waals surface area contributed by atoms with Crippen molar-refractivity contribution in [3.05, 3.63) is 35.9 Å². The quantitative estimate of drug-likeness (QED) is 0.369. The minimum absolute atomic E-state index is 0. The molecule has 2 heterocycles. The highest BCUT2D eigenvalue weighted by atomic mass is 127. The van der Waals surface area contributed by atoms with Crippen molar-refractivity contribution < 1.29 is 13.2 Å². The van der Waals surface area contributed by atoms with E-state index in [-0.39, 0.29) is 29.7 Å². The third kappa shape index (κ3) is 6.03. The maximum absolute atomic E-state index is 12.4. The Kier molecular flexibility index (Phi) is 8.77. The van der Waals surface area contributed by atoms with Gasteiger partial charge in [-0.15, -0.1) is 24.0 Å². The van der Waals surface area contributed by atoms with E-state index in [9.17, 15) is 8.42 Å². The van der Waals surface area contributed by atoms with Crippen molar-refractivity contribution in [2.45, 2.75) is 12.3 Å². The van der Waals surface area contributed by atoms with Crippen molar-refractivity contribution in [3.63, 3.8) is 0 Å². The lowest BCUT2D eigenvalue weighted by atomic mass is 9.99. The zero-order valence-electron chi connectivity index (χ0n) is 15.7. The van der Waals surface area contributed by atoms with Crippen LogP contribution < -0.4 is 5.32 Å². The predicted molar refractivity (Wildman–Crippen MR) is 118 cm³/mol. The average molecular weight is 508 g/mol. The molecule has 27 heavy (non-hydrogen) atoms. The molecule has 2 fully saturated rings. The second kappa shape index (κ2) is 10.6. The molecule has 1 unspecified atom stereocenters. The van der Waals surface area contributed by atoms with Crippen molar-refractivity contribution in [1.82, 2.24) is 14.5 Å². The van der Waals surface area contributed by atoms with Crippen LogP contribution >= 0.6 is 24.0 Å². The fourth-order valence-corrected chi connectivity index (χ4v) is 4.85. The fourth-order valence-electron chi connectivity index (χ4n) is 3.53. The van der Waals surface area contributed by atoms with Gasteiger partial charge in [-0.2, -0.15) is 4.31 Å². The van der Waals surface area contributed by atoms with Crippen LogP contribution in [0.1, 0.15) is 17.9 Å². The number of sulfonamides is 1. The summed E-state index contributed by atoms with van der Waals surface area (Å²) in [6.45, 7) is 4.03. The van der Waals surface area contributed by atoms with Crippen LogP contribution in [-0.4, -0.2) is 82.3 Å². The van der Waals surface area contributed by atoms with Crippen LogP contribution in [0.15, 0.2) is 35.3 Å². The summed E-state index contributed by atoms with van der Waals surface area (Å²) in [6.07, 6.45) is 1.08. The highest BCUT2D eigenvalue weighted by Gasteiger charge is 2.27. The molecular formula is C18H29IN4O3S. The van der Waals surface area contributed by atoms with Gasteiger partial charge in [0.25, 0.3) is 0 Å². The van der Waals surface area contributed by atoms with Crippen molar-refractivity contribution >= 4 is 40.0 Å². The van der Waals surface area contributed by atoms with E-state index in [4.69, 9.17) is 4.74 Å². The molecule has 3 rings (SSSR count). The summed E-state index contributed by atoms with van der Waals surface area (Å²) in [6, 6.07) is 10.5. The van der Waals surface area contributed by atoms with Gasteiger partial charge in [0.05, 0.1) is 19.0 Å². The number of aliphatic imine (C=N–C) groups is 1. The molecule has 2 aliphatic heterocycles. The van der Waals surface area contributed by atoms with Crippen LogP contribution in [0.5, 0.6) is 0 Å². The molecule has 2 aliphatic rings. The van der Waals surface area contributed by atoms with E-state index in [1.54, 1.807) is 7.05 Å². The number of benzene rings is 1. The molecule has 9 heteroatoms. The van der Waals surface area contributed by atoms with E-state index in [1.165, 1.54) is 9.87 Å². The molecule has 0 saturated carbocycles. The Labute approximate surface area is 179 Å². The Hall–Kier alpha value is -0.910. The summed E-state index contributed by atoms with van der Waals surface area (Å²) >= 11 is 0. The van der Waals surface area contributed by atoms with E-state index >= 15 is 0 Å². The molecule has 0 aromatic heterocycles. The topological polar surface area (TPSA) is 74.2 Å². The highest BCUT2D eigenvalue weighted by molar-refractivity contribution is 14.0. The zero-order valence-corrected chi connectivity index (χ0v) is 18.9. The van der Waals surface area contributed by atoms with Gasteiger partial charge >= 0.3 is 0 Å². The molecule has 1 aromatic carbocycles. The van der Waals surface area contributed by atoms with Crippen LogP contribution in [0.3, 0.4) is 0 Å². The Balaban J connectivity index is 0.00000261. The molecule has 1 aromatic rings. The third-order valence-corrected chi connectivity index (χ3v) is 6.85. The van der Waals surface area contributed by atoms with Gasteiger partial charge in [0, 0.05) is 45.7 Å². The number of hydrogen-bond acceptors (Lipinski definition) is 4. The second-order valence-corrected chi connectivity index (χ2v) is 8.73. The largest absolute Gasteiger partial charge is 0.379 e. The van der Waals surface area contributed by atoms with Gasteiger partial charge in [-0.25, -0.2) is 8.42 Å². The first kappa shape index (κ1) is 22.4. The molecule has 1 N–H and O–H groups in total. The molecular weight excluding hydrogens is 479 g/mol. The average Bonchev–Trinajstić information content (AvgIpc) is 3.16. The summed E-state index contributed by atoms with van der Waals surface area (Å²) < 4.78 is 31.5. The molecule has 1 atom stereocenters. The minimum atomic E-state index is -3.25. The Morgan fingerprint density at radius 3 is 2.59 bits per heavy atom. The second-order valence-electron chi connectivity index (χ2n) is 6.64. The SMILES string of the molecule is CN=C(NCCS(=O)(=O)N1CCOCC1)N1CCC(c2ccccc2)C1.I. The number of likely N-dealkylation sites (tertiary alicyclic amines) is 1. The fraction of sp³-hybridized carbons (Fsp3) is 0.611. The first-order valence-corrected chi connectivity index (χ1v) is 10.8. The van der Waals surface area contributed by atoms with Crippen LogP contribution in [0.4, 0.5) is 0 Å². The van der Waals surface area contributed by atoms with Crippen molar-refractivity contribution in [2.75, 3.05) is 58.7 Å². The highest BCUT2D eigenvalue weighted by Crippen LogP contribution is 2.26. The number of morpholine rings is 1. The van der Waals surface area contributed by atoms with E-state index in [1.807, 2.05) is 6.07 Å². The van der Waals surface area contributed by atoms with Gasteiger partial charge in [-0.1, -0.05) is 30.3 Å². The first-order valence-electron chi connectivity index (χ1n) is 9.16. The van der Waals surface area contributed by atoms with E-state index in [2.05, 4.69) is 39.5 Å². The number of halogens is 1. The van der Waals surface area contributed by atoms with Crippen LogP contribution in [0, 0.1) is 0 Å². The molecule has 152 valence electrons. The van der Waals surface area contributed by atoms with Crippen molar-refractivity contribution in [1.29, 1.82) is 0 Å². The lowest BCUT2D eigenvalue weighted by molar-refractivity contribution is 0.0730. The minimum Gasteiger partial charge on any atom is -0.379 e. The van der Waals surface area contributed by atoms with E-state index in [0.29, 0.717) is 38.8 Å². The maximum atomic E-state index is 12.4. The van der Waals surface area contributed by atoms with Crippen LogP contribution in [-0.2, 0) is 14.8 Å². The summed E-state index contributed by atoms with van der Waals surface area (Å²) in [5.74, 6) is 1.34. The van der Waals surface area contributed by atoms with Gasteiger partial charge in [-0.3, -0.25) is 4.99 Å². The number of rotatable bonds is 5. The number of ether oxygens (including phenoxy) is 1. The van der Waals surface area contributed by atoms with Gasteiger partial charge in [-0.05, 0) is 12.0 Å². The van der Waals surface area contributed by atoms with Gasteiger partial charge in [0.2, 0.25) is 10.0 Å². The lowest BCUT2D eigenvalue weighted by Gasteiger charge is -2.26. The van der Waals surface area contributed by atoms with Crippen LogP contribution in [0.2, 0.25) is 0 Å². The van der Waals surface area contributed by atoms with Gasteiger partial charge < -0.3 is 15.0 Å². The molecule has 0 spiro atoms. The molecule has 0 aliphatic carbocycles. The van der Waals surface area contributed by atoms with Gasteiger partial charge in [0.15, 0.2) is 5.96 Å². The predicted octanol–water partition coefficient (Wildman–Crippen LogP) is 1.33. The number of hydrogen-bond donors (Lipinski definition) is 1. The standard InChI is InChI=1S/C18H28N4O3S.HI/c1-19-18(20-8-14-26(23,24)22-10-12-25-13-11-22)21-9-7-17(15-21)16-5-3-2-4-6-16;/h2-6,17H,7-15H2,1H3,(H,19,20);1H. The van der Waals surface area contributed by atoms with Gasteiger partial charge in [0.1, 0.15) is 0 Å². The molecule has 0 radical (unpaired) electrons. The summed E-state index contributed by atoms with van der Waals surface area (Å²) in [7, 11) is -1.50. The first-order chi connectivity index (χ1) is 12.6. The smallest absolute Gasteiger partial charge is 0.215 e. The number of nitrogens with zero attached hydrogens (tertiary/aromatic N) is 3. The van der Waals surface area contributed by atoms with E-state index < -0.39 is 10.0 Å². The molecule has 0 bridgehead atoms. The Bertz CT molecular complexity index is 709. The maximum Gasteiger partial charge on any atom is 0.215 e. The summed E-state index contributed by atoms with van der Waals surface area (Å²) in [4.78, 5) is 6.54. The van der Waals surface area contributed by atoms with Crippen molar-refractivity contribution in [2.24, 2.45) is 4.99 Å². The monoisotopic (exact) mass is 508 g/mol.